The summed E-state index contributed by atoms with van der Waals surface area (Å²) in [7, 11) is 0. The maximum Gasteiger partial charge on any atom is 0.200 e. The molecule has 0 saturated carbocycles. The smallest absolute Gasteiger partial charge is 0.200 e. The lowest BCUT2D eigenvalue weighted by atomic mass is 10.1. The molecule has 0 heterocycles. The van der Waals surface area contributed by atoms with Gasteiger partial charge in [-0.15, -0.1) is 0 Å². The number of phenols is 3. The van der Waals surface area contributed by atoms with Crippen LogP contribution in [0.3, 0.4) is 0 Å². The zero-order valence-corrected chi connectivity index (χ0v) is 7.65. The van der Waals surface area contributed by atoms with Gasteiger partial charge in [-0.3, -0.25) is 0 Å². The molecular formula is C11H10O3. The summed E-state index contributed by atoms with van der Waals surface area (Å²) in [6.07, 6.45) is 0. The van der Waals surface area contributed by atoms with Crippen molar-refractivity contribution in [3.63, 3.8) is 0 Å². The SMILES string of the molecule is Cc1ccc2cc(O)c(O)c(O)c2c1. The van der Waals surface area contributed by atoms with Crippen LogP contribution >= 0.6 is 0 Å². The van der Waals surface area contributed by atoms with Gasteiger partial charge in [0.2, 0.25) is 5.75 Å². The van der Waals surface area contributed by atoms with Gasteiger partial charge in [0.05, 0.1) is 0 Å². The average molecular weight is 190 g/mol. The summed E-state index contributed by atoms with van der Waals surface area (Å²) < 4.78 is 0. The molecule has 0 saturated heterocycles. The first-order valence-corrected chi connectivity index (χ1v) is 4.24. The highest BCUT2D eigenvalue weighted by Gasteiger charge is 2.10. The standard InChI is InChI=1S/C11H10O3/c1-6-2-3-7-5-9(12)11(14)10(13)8(7)4-6/h2-5,12-14H,1H3. The summed E-state index contributed by atoms with van der Waals surface area (Å²) in [5, 5.41) is 29.3. The lowest BCUT2D eigenvalue weighted by molar-refractivity contribution is 0.371. The zero-order valence-electron chi connectivity index (χ0n) is 7.65. The van der Waals surface area contributed by atoms with E-state index in [2.05, 4.69) is 0 Å². The molecule has 3 N–H and O–H groups in total. The van der Waals surface area contributed by atoms with Crippen LogP contribution in [-0.4, -0.2) is 15.3 Å². The van der Waals surface area contributed by atoms with Gasteiger partial charge in [-0.25, -0.2) is 0 Å². The Hall–Kier alpha value is -1.90. The minimum absolute atomic E-state index is 0.274. The number of rotatable bonds is 0. The highest BCUT2D eigenvalue weighted by molar-refractivity contribution is 5.92. The van der Waals surface area contributed by atoms with Gasteiger partial charge in [-0.05, 0) is 24.4 Å². The minimum atomic E-state index is -0.469. The van der Waals surface area contributed by atoms with E-state index in [0.29, 0.717) is 10.8 Å². The summed E-state index contributed by atoms with van der Waals surface area (Å²) >= 11 is 0. The van der Waals surface area contributed by atoms with Gasteiger partial charge in [-0.2, -0.15) is 0 Å². The molecule has 0 spiro atoms. The highest BCUT2D eigenvalue weighted by Crippen LogP contribution is 2.41. The molecule has 2 aromatic carbocycles. The molecule has 0 aromatic heterocycles. The lowest BCUT2D eigenvalue weighted by Crippen LogP contribution is -1.78. The second-order valence-corrected chi connectivity index (χ2v) is 3.32. The Morgan fingerprint density at radius 3 is 2.36 bits per heavy atom. The zero-order chi connectivity index (χ0) is 10.3. The first kappa shape index (κ1) is 8.69. The highest BCUT2D eigenvalue weighted by atomic mass is 16.3. The topological polar surface area (TPSA) is 60.7 Å². The fraction of sp³-hybridized carbons (Fsp3) is 0.0909. The van der Waals surface area contributed by atoms with Crippen LogP contribution in [0.25, 0.3) is 10.8 Å². The van der Waals surface area contributed by atoms with Crippen molar-refractivity contribution in [2.75, 3.05) is 0 Å². The molecule has 0 radical (unpaired) electrons. The Balaban J connectivity index is 2.92. The first-order valence-electron chi connectivity index (χ1n) is 4.24. The molecular weight excluding hydrogens is 180 g/mol. The summed E-state index contributed by atoms with van der Waals surface area (Å²) in [6.45, 7) is 1.89. The van der Waals surface area contributed by atoms with E-state index >= 15 is 0 Å². The molecule has 0 aliphatic rings. The van der Waals surface area contributed by atoms with Crippen LogP contribution < -0.4 is 0 Å². The van der Waals surface area contributed by atoms with E-state index in [-0.39, 0.29) is 11.5 Å². The quantitative estimate of drug-likeness (QED) is 0.558. The van der Waals surface area contributed by atoms with Crippen molar-refractivity contribution < 1.29 is 15.3 Å². The summed E-state index contributed by atoms with van der Waals surface area (Å²) in [5.41, 5.74) is 0.984. The van der Waals surface area contributed by atoms with Gasteiger partial charge in [-0.1, -0.05) is 17.7 Å². The molecule has 0 atom stereocenters. The average Bonchev–Trinajstić information content (AvgIpc) is 2.16. The number of aryl methyl sites for hydroxylation is 1. The third-order valence-corrected chi connectivity index (χ3v) is 2.22. The van der Waals surface area contributed by atoms with Crippen molar-refractivity contribution in [2.45, 2.75) is 6.92 Å². The number of phenolic OH excluding ortho intramolecular Hbond substituents is 3. The Morgan fingerprint density at radius 1 is 0.929 bits per heavy atom. The maximum absolute atomic E-state index is 9.55. The molecule has 0 aliphatic carbocycles. The first-order chi connectivity index (χ1) is 6.59. The van der Waals surface area contributed by atoms with Gasteiger partial charge in [0, 0.05) is 5.39 Å². The van der Waals surface area contributed by atoms with Crippen molar-refractivity contribution in [3.8, 4) is 17.2 Å². The second kappa shape index (κ2) is 2.80. The van der Waals surface area contributed by atoms with E-state index in [4.69, 9.17) is 0 Å². The largest absolute Gasteiger partial charge is 0.504 e. The Morgan fingerprint density at radius 2 is 1.64 bits per heavy atom. The molecule has 2 aromatic rings. The van der Waals surface area contributed by atoms with Gasteiger partial charge in [0.25, 0.3) is 0 Å². The van der Waals surface area contributed by atoms with E-state index in [0.717, 1.165) is 5.56 Å². The fourth-order valence-electron chi connectivity index (χ4n) is 1.47. The van der Waals surface area contributed by atoms with Gasteiger partial charge in [0.1, 0.15) is 0 Å². The van der Waals surface area contributed by atoms with E-state index in [1.54, 1.807) is 12.1 Å². The molecule has 3 heteroatoms. The molecule has 0 bridgehead atoms. The third-order valence-electron chi connectivity index (χ3n) is 2.22. The molecule has 72 valence electrons. The third kappa shape index (κ3) is 1.14. The molecule has 0 aliphatic heterocycles. The Labute approximate surface area is 80.9 Å². The monoisotopic (exact) mass is 190 g/mol. The van der Waals surface area contributed by atoms with Crippen LogP contribution in [0.4, 0.5) is 0 Å². The van der Waals surface area contributed by atoms with Crippen LogP contribution in [0.15, 0.2) is 24.3 Å². The number of hydrogen-bond acceptors (Lipinski definition) is 3. The number of hydrogen-bond donors (Lipinski definition) is 3. The van der Waals surface area contributed by atoms with Gasteiger partial charge >= 0.3 is 0 Å². The van der Waals surface area contributed by atoms with Crippen molar-refractivity contribution in [3.05, 3.63) is 29.8 Å². The molecule has 0 unspecified atom stereocenters. The van der Waals surface area contributed by atoms with Crippen molar-refractivity contribution in [1.29, 1.82) is 0 Å². The van der Waals surface area contributed by atoms with Gasteiger partial charge < -0.3 is 15.3 Å². The predicted molar refractivity (Wildman–Crippen MR) is 53.7 cm³/mol. The summed E-state index contributed by atoms with van der Waals surface area (Å²) in [6, 6.07) is 6.83. The number of aromatic hydroxyl groups is 3. The van der Waals surface area contributed by atoms with Crippen LogP contribution in [0, 0.1) is 6.92 Å². The van der Waals surface area contributed by atoms with E-state index < -0.39 is 5.75 Å². The van der Waals surface area contributed by atoms with Crippen LogP contribution in [0.1, 0.15) is 5.56 Å². The molecule has 2 rings (SSSR count). The van der Waals surface area contributed by atoms with E-state index in [1.807, 2.05) is 13.0 Å². The number of benzene rings is 2. The molecule has 14 heavy (non-hydrogen) atoms. The van der Waals surface area contributed by atoms with Crippen LogP contribution in [0.5, 0.6) is 17.2 Å². The summed E-state index contributed by atoms with van der Waals surface area (Å²) in [4.78, 5) is 0. The fourth-order valence-corrected chi connectivity index (χ4v) is 1.47. The molecule has 0 amide bonds. The van der Waals surface area contributed by atoms with Crippen molar-refractivity contribution >= 4 is 10.8 Å². The minimum Gasteiger partial charge on any atom is -0.504 e. The van der Waals surface area contributed by atoms with Crippen LogP contribution in [0.2, 0.25) is 0 Å². The predicted octanol–water partition coefficient (Wildman–Crippen LogP) is 2.27. The number of fused-ring (bicyclic) bond motifs is 1. The van der Waals surface area contributed by atoms with Crippen LogP contribution in [-0.2, 0) is 0 Å². The maximum atomic E-state index is 9.55. The second-order valence-electron chi connectivity index (χ2n) is 3.32. The molecule has 0 fully saturated rings. The Bertz CT molecular complexity index is 503. The lowest BCUT2D eigenvalue weighted by Gasteiger charge is -2.06. The summed E-state index contributed by atoms with van der Waals surface area (Å²) in [5.74, 6) is -1.05. The normalized spacial score (nSPS) is 10.6. The Kier molecular flexibility index (Phi) is 1.74. The van der Waals surface area contributed by atoms with Crippen molar-refractivity contribution in [2.24, 2.45) is 0 Å². The van der Waals surface area contributed by atoms with Gasteiger partial charge in [0.15, 0.2) is 11.5 Å². The molecule has 3 nitrogen and oxygen atoms in total. The van der Waals surface area contributed by atoms with E-state index in [9.17, 15) is 15.3 Å². The van der Waals surface area contributed by atoms with E-state index in [1.165, 1.54) is 6.07 Å². The van der Waals surface area contributed by atoms with Crippen molar-refractivity contribution in [1.82, 2.24) is 0 Å².